The summed E-state index contributed by atoms with van der Waals surface area (Å²) in [5, 5.41) is 16.0. The Bertz CT molecular complexity index is 1150. The summed E-state index contributed by atoms with van der Waals surface area (Å²) < 4.78 is 0. The third kappa shape index (κ3) is 3.49. The molecule has 9 heteroatoms. The van der Waals surface area contributed by atoms with Crippen molar-refractivity contribution in [2.24, 2.45) is 0 Å². The Morgan fingerprint density at radius 3 is 2.21 bits per heavy atom. The van der Waals surface area contributed by atoms with Crippen LogP contribution in [-0.2, 0) is 0 Å². The fourth-order valence-electron chi connectivity index (χ4n) is 2.78. The van der Waals surface area contributed by atoms with Gasteiger partial charge in [-0.05, 0) is 35.9 Å². The highest BCUT2D eigenvalue weighted by Crippen LogP contribution is 2.26. The SMILES string of the molecule is O=C(Nc1ccc(-c2ccnc3nc[nH]c23)cc1)Nc1ccc([N+](=O)[O-])cc1. The second-order valence-corrected chi connectivity index (χ2v) is 5.92. The summed E-state index contributed by atoms with van der Waals surface area (Å²) in [6, 6.07) is 14.4. The zero-order valence-corrected chi connectivity index (χ0v) is 14.4. The van der Waals surface area contributed by atoms with Crippen LogP contribution in [0.5, 0.6) is 0 Å². The number of non-ortho nitro benzene ring substituents is 1. The molecule has 0 bridgehead atoms. The molecule has 9 nitrogen and oxygen atoms in total. The average Bonchev–Trinajstić information content (AvgIpc) is 3.18. The van der Waals surface area contributed by atoms with Gasteiger partial charge < -0.3 is 15.6 Å². The topological polar surface area (TPSA) is 126 Å². The predicted octanol–water partition coefficient (Wildman–Crippen LogP) is 4.18. The number of aromatic nitrogens is 3. The third-order valence-corrected chi connectivity index (χ3v) is 4.12. The monoisotopic (exact) mass is 374 g/mol. The van der Waals surface area contributed by atoms with Crippen molar-refractivity contribution in [2.45, 2.75) is 0 Å². The molecule has 138 valence electrons. The van der Waals surface area contributed by atoms with E-state index in [0.717, 1.165) is 16.6 Å². The van der Waals surface area contributed by atoms with Gasteiger partial charge in [0, 0.05) is 35.3 Å². The van der Waals surface area contributed by atoms with Gasteiger partial charge in [-0.15, -0.1) is 0 Å². The molecule has 2 aromatic carbocycles. The van der Waals surface area contributed by atoms with Crippen molar-refractivity contribution in [3.05, 3.63) is 77.2 Å². The zero-order valence-electron chi connectivity index (χ0n) is 14.4. The van der Waals surface area contributed by atoms with Crippen molar-refractivity contribution >= 4 is 34.3 Å². The molecule has 3 N–H and O–H groups in total. The number of nitro groups is 1. The summed E-state index contributed by atoms with van der Waals surface area (Å²) in [5.41, 5.74) is 4.43. The first-order valence-corrected chi connectivity index (χ1v) is 8.31. The second kappa shape index (κ2) is 7.16. The number of fused-ring (bicyclic) bond motifs is 1. The van der Waals surface area contributed by atoms with E-state index in [1.165, 1.54) is 24.3 Å². The van der Waals surface area contributed by atoms with E-state index in [1.807, 2.05) is 18.2 Å². The molecular weight excluding hydrogens is 360 g/mol. The van der Waals surface area contributed by atoms with E-state index < -0.39 is 11.0 Å². The lowest BCUT2D eigenvalue weighted by atomic mass is 10.1. The summed E-state index contributed by atoms with van der Waals surface area (Å²) in [6.07, 6.45) is 3.29. The van der Waals surface area contributed by atoms with Crippen molar-refractivity contribution in [2.75, 3.05) is 10.6 Å². The summed E-state index contributed by atoms with van der Waals surface area (Å²) in [6.45, 7) is 0. The maximum atomic E-state index is 12.1. The molecule has 4 rings (SSSR count). The van der Waals surface area contributed by atoms with Crippen molar-refractivity contribution in [1.82, 2.24) is 15.0 Å². The van der Waals surface area contributed by atoms with Gasteiger partial charge in [-0.2, -0.15) is 0 Å². The standard InChI is InChI=1S/C19H14N6O3/c26-19(24-14-5-7-15(8-6-14)25(27)28)23-13-3-1-12(2-4-13)16-9-10-20-18-17(16)21-11-22-18/h1-11H,(H,20,21,22)(H2,23,24,26). The van der Waals surface area contributed by atoms with E-state index in [2.05, 4.69) is 25.6 Å². The quantitative estimate of drug-likeness (QED) is 0.365. The normalized spacial score (nSPS) is 10.6. The van der Waals surface area contributed by atoms with Gasteiger partial charge in [0.15, 0.2) is 5.65 Å². The van der Waals surface area contributed by atoms with E-state index in [-0.39, 0.29) is 5.69 Å². The average molecular weight is 374 g/mol. The molecule has 0 aliphatic rings. The van der Waals surface area contributed by atoms with Crippen LogP contribution in [0.1, 0.15) is 0 Å². The smallest absolute Gasteiger partial charge is 0.323 e. The Morgan fingerprint density at radius 2 is 1.57 bits per heavy atom. The van der Waals surface area contributed by atoms with Crippen LogP contribution in [0.25, 0.3) is 22.3 Å². The van der Waals surface area contributed by atoms with Crippen LogP contribution in [0.2, 0.25) is 0 Å². The lowest BCUT2D eigenvalue weighted by Crippen LogP contribution is -2.19. The molecule has 0 saturated heterocycles. The first kappa shape index (κ1) is 17.2. The van der Waals surface area contributed by atoms with Crippen LogP contribution in [0.15, 0.2) is 67.1 Å². The van der Waals surface area contributed by atoms with Crippen LogP contribution in [0.3, 0.4) is 0 Å². The number of imidazole rings is 1. The van der Waals surface area contributed by atoms with Gasteiger partial charge in [0.05, 0.1) is 16.8 Å². The predicted molar refractivity (Wildman–Crippen MR) is 105 cm³/mol. The van der Waals surface area contributed by atoms with Gasteiger partial charge in [-0.1, -0.05) is 12.1 Å². The van der Waals surface area contributed by atoms with Gasteiger partial charge >= 0.3 is 6.03 Å². The lowest BCUT2D eigenvalue weighted by molar-refractivity contribution is -0.384. The number of amides is 2. The number of benzene rings is 2. The molecule has 0 saturated carbocycles. The summed E-state index contributed by atoms with van der Waals surface area (Å²) in [4.78, 5) is 33.7. The molecule has 0 aliphatic carbocycles. The van der Waals surface area contributed by atoms with Crippen LogP contribution >= 0.6 is 0 Å². The first-order chi connectivity index (χ1) is 13.6. The van der Waals surface area contributed by atoms with E-state index in [0.29, 0.717) is 17.0 Å². The van der Waals surface area contributed by atoms with Crippen LogP contribution < -0.4 is 10.6 Å². The second-order valence-electron chi connectivity index (χ2n) is 5.92. The Hall–Kier alpha value is -4.27. The van der Waals surface area contributed by atoms with Gasteiger partial charge in [0.2, 0.25) is 0 Å². The molecule has 2 amide bonds. The third-order valence-electron chi connectivity index (χ3n) is 4.12. The first-order valence-electron chi connectivity index (χ1n) is 8.31. The lowest BCUT2D eigenvalue weighted by Gasteiger charge is -2.09. The van der Waals surface area contributed by atoms with Crippen LogP contribution in [0, 0.1) is 10.1 Å². The van der Waals surface area contributed by atoms with E-state index in [9.17, 15) is 14.9 Å². The molecule has 0 fully saturated rings. The minimum absolute atomic E-state index is 0.0379. The van der Waals surface area contributed by atoms with Gasteiger partial charge in [-0.25, -0.2) is 14.8 Å². The summed E-state index contributed by atoms with van der Waals surface area (Å²) in [5.74, 6) is 0. The molecule has 4 aromatic rings. The minimum atomic E-state index is -0.495. The summed E-state index contributed by atoms with van der Waals surface area (Å²) >= 11 is 0. The highest BCUT2D eigenvalue weighted by molar-refractivity contribution is 6.00. The fraction of sp³-hybridized carbons (Fsp3) is 0. The maximum Gasteiger partial charge on any atom is 0.323 e. The van der Waals surface area contributed by atoms with Crippen molar-refractivity contribution in [3.63, 3.8) is 0 Å². The van der Waals surface area contributed by atoms with Crippen LogP contribution in [0.4, 0.5) is 21.9 Å². The highest BCUT2D eigenvalue weighted by atomic mass is 16.6. The van der Waals surface area contributed by atoms with Gasteiger partial charge in [0.25, 0.3) is 5.69 Å². The van der Waals surface area contributed by atoms with Crippen molar-refractivity contribution in [1.29, 1.82) is 0 Å². The number of pyridine rings is 1. The Balaban J connectivity index is 1.45. The largest absolute Gasteiger partial charge is 0.343 e. The van der Waals surface area contributed by atoms with E-state index in [1.54, 1.807) is 24.7 Å². The number of carbonyl (C=O) groups is 1. The number of H-pyrrole nitrogens is 1. The molecule has 0 atom stereocenters. The van der Waals surface area contributed by atoms with E-state index >= 15 is 0 Å². The molecule has 0 spiro atoms. The number of nitrogens with zero attached hydrogens (tertiary/aromatic N) is 3. The number of nitro benzene ring substituents is 1. The Kier molecular flexibility index (Phi) is 4.38. The fourth-order valence-corrected chi connectivity index (χ4v) is 2.78. The Labute approximate surface area is 158 Å². The Morgan fingerprint density at radius 1 is 0.929 bits per heavy atom. The molecule has 0 aliphatic heterocycles. The number of anilines is 2. The van der Waals surface area contributed by atoms with Crippen LogP contribution in [-0.4, -0.2) is 25.9 Å². The molecule has 2 heterocycles. The maximum absolute atomic E-state index is 12.1. The zero-order chi connectivity index (χ0) is 19.5. The minimum Gasteiger partial charge on any atom is -0.343 e. The van der Waals surface area contributed by atoms with Crippen molar-refractivity contribution < 1.29 is 9.72 Å². The van der Waals surface area contributed by atoms with Gasteiger partial charge in [-0.3, -0.25) is 10.1 Å². The number of aromatic amines is 1. The highest BCUT2D eigenvalue weighted by Gasteiger charge is 2.09. The number of urea groups is 1. The summed E-state index contributed by atoms with van der Waals surface area (Å²) in [7, 11) is 0. The number of nitrogens with one attached hydrogen (secondary N) is 3. The number of hydrogen-bond donors (Lipinski definition) is 3. The van der Waals surface area contributed by atoms with E-state index in [4.69, 9.17) is 0 Å². The number of hydrogen-bond acceptors (Lipinski definition) is 5. The molecular formula is C19H14N6O3. The number of rotatable bonds is 4. The molecule has 0 radical (unpaired) electrons. The number of carbonyl (C=O) groups excluding carboxylic acids is 1. The van der Waals surface area contributed by atoms with Crippen molar-refractivity contribution in [3.8, 4) is 11.1 Å². The molecule has 28 heavy (non-hydrogen) atoms. The molecule has 0 unspecified atom stereocenters. The molecule has 2 aromatic heterocycles. The van der Waals surface area contributed by atoms with Gasteiger partial charge in [0.1, 0.15) is 0 Å².